The number of carbonyl (C=O) groups is 1. The van der Waals surface area contributed by atoms with Gasteiger partial charge in [-0.15, -0.1) is 0 Å². The normalized spacial score (nSPS) is 14.5. The van der Waals surface area contributed by atoms with Crippen LogP contribution in [-0.2, 0) is 4.79 Å². The average molecular weight is 446 g/mol. The molecule has 0 unspecified atom stereocenters. The van der Waals surface area contributed by atoms with Crippen molar-refractivity contribution in [1.29, 1.82) is 0 Å². The Hall–Kier alpha value is -2.15. The number of piperazine rings is 1. The fourth-order valence-corrected chi connectivity index (χ4v) is 4.01. The first-order valence-electron chi connectivity index (χ1n) is 9.80. The van der Waals surface area contributed by atoms with Crippen LogP contribution in [0.3, 0.4) is 0 Å². The lowest BCUT2D eigenvalue weighted by Gasteiger charge is -2.34. The minimum Gasteiger partial charge on any atom is -0.353 e. The average Bonchev–Trinajstić information content (AvgIpc) is 2.69. The summed E-state index contributed by atoms with van der Waals surface area (Å²) in [4.78, 5) is 26.7. The Morgan fingerprint density at radius 3 is 2.46 bits per heavy atom. The molecule has 1 amide bonds. The van der Waals surface area contributed by atoms with Gasteiger partial charge in [-0.3, -0.25) is 4.79 Å². The third-order valence-corrected chi connectivity index (χ3v) is 5.74. The third kappa shape index (κ3) is 4.46. The molecule has 1 aliphatic rings. The van der Waals surface area contributed by atoms with Crippen molar-refractivity contribution in [3.05, 3.63) is 40.0 Å². The molecule has 150 valence electrons. The van der Waals surface area contributed by atoms with Crippen LogP contribution >= 0.6 is 15.9 Å². The van der Waals surface area contributed by atoms with Gasteiger partial charge in [-0.1, -0.05) is 19.9 Å². The summed E-state index contributed by atoms with van der Waals surface area (Å²) in [5.74, 6) is 2.10. The second kappa shape index (κ2) is 8.90. The summed E-state index contributed by atoms with van der Waals surface area (Å²) in [6, 6.07) is 8.50. The fourth-order valence-electron chi connectivity index (χ4n) is 3.40. The van der Waals surface area contributed by atoms with Crippen LogP contribution in [0.1, 0.15) is 37.9 Å². The number of rotatable bonds is 6. The summed E-state index contributed by atoms with van der Waals surface area (Å²) in [5, 5.41) is 0. The summed E-state index contributed by atoms with van der Waals surface area (Å²) >= 11 is 3.74. The maximum absolute atomic E-state index is 11.0. The van der Waals surface area contributed by atoms with E-state index in [1.807, 2.05) is 13.0 Å². The van der Waals surface area contributed by atoms with Crippen LogP contribution < -0.4 is 9.80 Å². The summed E-state index contributed by atoms with van der Waals surface area (Å²) in [5.41, 5.74) is 3.30. The van der Waals surface area contributed by atoms with E-state index in [9.17, 15) is 4.79 Å². The van der Waals surface area contributed by atoms with Gasteiger partial charge < -0.3 is 14.7 Å². The lowest BCUT2D eigenvalue weighted by Crippen LogP contribution is -2.46. The predicted octanol–water partition coefficient (Wildman–Crippen LogP) is 4.11. The zero-order valence-electron chi connectivity index (χ0n) is 17.0. The van der Waals surface area contributed by atoms with Crippen LogP contribution in [0.4, 0.5) is 17.5 Å². The number of amides is 1. The molecule has 0 N–H and O–H groups in total. The minimum atomic E-state index is 0.479. The highest BCUT2D eigenvalue weighted by Crippen LogP contribution is 2.33. The maximum atomic E-state index is 11.0. The first kappa shape index (κ1) is 20.6. The Morgan fingerprint density at radius 1 is 1.18 bits per heavy atom. The number of carbonyl (C=O) groups excluding carboxylic acids is 1. The number of hydrogen-bond acceptors (Lipinski definition) is 5. The number of benzene rings is 1. The van der Waals surface area contributed by atoms with E-state index >= 15 is 0 Å². The topological polar surface area (TPSA) is 52.6 Å². The highest BCUT2D eigenvalue weighted by atomic mass is 79.9. The van der Waals surface area contributed by atoms with Gasteiger partial charge in [0.25, 0.3) is 0 Å². The van der Waals surface area contributed by atoms with Crippen molar-refractivity contribution in [3.8, 4) is 0 Å². The zero-order valence-corrected chi connectivity index (χ0v) is 18.6. The molecule has 0 saturated carbocycles. The van der Waals surface area contributed by atoms with E-state index in [1.165, 1.54) is 5.56 Å². The summed E-state index contributed by atoms with van der Waals surface area (Å²) in [6.07, 6.45) is 0.922. The van der Waals surface area contributed by atoms with Crippen LogP contribution in [-0.4, -0.2) is 54.0 Å². The number of hydrogen-bond donors (Lipinski definition) is 0. The summed E-state index contributed by atoms with van der Waals surface area (Å²) < 4.78 is 1.05. The molecule has 1 saturated heterocycles. The minimum absolute atomic E-state index is 0.479. The monoisotopic (exact) mass is 445 g/mol. The molecule has 2 heterocycles. The van der Waals surface area contributed by atoms with Crippen molar-refractivity contribution in [3.63, 3.8) is 0 Å². The fraction of sp³-hybridized carbons (Fsp3) is 0.476. The highest BCUT2D eigenvalue weighted by Gasteiger charge is 2.20. The Morgan fingerprint density at radius 2 is 1.89 bits per heavy atom. The maximum Gasteiger partial charge on any atom is 0.232 e. The molecular formula is C21H28BrN5O. The molecule has 7 heteroatoms. The highest BCUT2D eigenvalue weighted by molar-refractivity contribution is 9.10. The Balaban J connectivity index is 1.91. The third-order valence-electron chi connectivity index (χ3n) is 5.10. The zero-order chi connectivity index (χ0) is 20.3. The molecule has 0 bridgehead atoms. The van der Waals surface area contributed by atoms with Gasteiger partial charge in [0.15, 0.2) is 0 Å². The number of nitrogens with zero attached hydrogens (tertiary/aromatic N) is 5. The van der Waals surface area contributed by atoms with Gasteiger partial charge in [-0.25, -0.2) is 4.98 Å². The molecular weight excluding hydrogens is 418 g/mol. The number of aromatic nitrogens is 2. The molecule has 0 spiro atoms. The van der Waals surface area contributed by atoms with E-state index in [-0.39, 0.29) is 0 Å². The van der Waals surface area contributed by atoms with Crippen molar-refractivity contribution in [2.24, 2.45) is 0 Å². The van der Waals surface area contributed by atoms with Gasteiger partial charge in [-0.2, -0.15) is 4.98 Å². The van der Waals surface area contributed by atoms with Gasteiger partial charge in [0.05, 0.1) is 5.69 Å². The van der Waals surface area contributed by atoms with Gasteiger partial charge in [0.2, 0.25) is 12.4 Å². The van der Waals surface area contributed by atoms with Gasteiger partial charge in [0, 0.05) is 49.0 Å². The molecule has 2 aromatic rings. The Labute approximate surface area is 175 Å². The predicted molar refractivity (Wildman–Crippen MR) is 118 cm³/mol. The number of aryl methyl sites for hydroxylation is 1. The lowest BCUT2D eigenvalue weighted by molar-refractivity contribution is -0.118. The van der Waals surface area contributed by atoms with E-state index in [4.69, 9.17) is 9.97 Å². The van der Waals surface area contributed by atoms with Crippen LogP contribution in [0.2, 0.25) is 0 Å². The molecule has 1 aromatic carbocycles. The van der Waals surface area contributed by atoms with Crippen LogP contribution in [0.15, 0.2) is 28.7 Å². The molecule has 0 radical (unpaired) electrons. The number of halogens is 1. The van der Waals surface area contributed by atoms with Crippen molar-refractivity contribution in [1.82, 2.24) is 14.9 Å². The smallest absolute Gasteiger partial charge is 0.232 e. The van der Waals surface area contributed by atoms with Gasteiger partial charge >= 0.3 is 0 Å². The molecule has 1 aromatic heterocycles. The van der Waals surface area contributed by atoms with Crippen LogP contribution in [0, 0.1) is 6.92 Å². The molecule has 28 heavy (non-hydrogen) atoms. The van der Waals surface area contributed by atoms with Crippen LogP contribution in [0.25, 0.3) is 0 Å². The molecule has 6 nitrogen and oxygen atoms in total. The first-order chi connectivity index (χ1) is 13.4. The molecule has 1 aliphatic heterocycles. The molecule has 3 rings (SSSR count). The first-order valence-corrected chi connectivity index (χ1v) is 10.6. The van der Waals surface area contributed by atoms with E-state index < -0.39 is 0 Å². The van der Waals surface area contributed by atoms with E-state index in [0.717, 1.165) is 60.8 Å². The van der Waals surface area contributed by atoms with Crippen molar-refractivity contribution >= 4 is 39.8 Å². The van der Waals surface area contributed by atoms with Gasteiger partial charge in [-0.05, 0) is 53.4 Å². The molecule has 0 aliphatic carbocycles. The van der Waals surface area contributed by atoms with Crippen molar-refractivity contribution in [2.45, 2.75) is 33.6 Å². The van der Waals surface area contributed by atoms with Gasteiger partial charge in [0.1, 0.15) is 5.82 Å². The van der Waals surface area contributed by atoms with E-state index in [1.54, 1.807) is 4.90 Å². The van der Waals surface area contributed by atoms with E-state index in [0.29, 0.717) is 11.9 Å². The largest absolute Gasteiger partial charge is 0.353 e. The second-order valence-corrected chi connectivity index (χ2v) is 8.26. The van der Waals surface area contributed by atoms with Crippen molar-refractivity contribution < 1.29 is 4.79 Å². The molecule has 0 atom stereocenters. The Kier molecular flexibility index (Phi) is 6.54. The number of anilines is 3. The SMILES string of the molecule is CCN(c1nc(C)cc(N2CCN(C=O)CC2)n1)c1ccc(C(C)C)cc1Br. The van der Waals surface area contributed by atoms with Crippen LogP contribution in [0.5, 0.6) is 0 Å². The lowest BCUT2D eigenvalue weighted by atomic mass is 10.0. The standard InChI is InChI=1S/C21H28BrN5O/c1-5-27(19-7-6-17(15(2)3)13-18(19)22)21-23-16(4)12-20(24-21)26-10-8-25(14-28)9-11-26/h6-7,12-15H,5,8-11H2,1-4H3. The Bertz CT molecular complexity index is 834. The quantitative estimate of drug-likeness (QED) is 0.626. The summed E-state index contributed by atoms with van der Waals surface area (Å²) in [6.45, 7) is 12.3. The van der Waals surface area contributed by atoms with Crippen molar-refractivity contribution in [2.75, 3.05) is 42.5 Å². The molecule has 1 fully saturated rings. The second-order valence-electron chi connectivity index (χ2n) is 7.41. The summed E-state index contributed by atoms with van der Waals surface area (Å²) in [7, 11) is 0. The van der Waals surface area contributed by atoms with E-state index in [2.05, 4.69) is 64.7 Å².